The van der Waals surface area contributed by atoms with Gasteiger partial charge in [-0.25, -0.2) is 4.98 Å². The monoisotopic (exact) mass is 322 g/mol. The summed E-state index contributed by atoms with van der Waals surface area (Å²) in [6.45, 7) is 0.706. The molecule has 2 fully saturated rings. The summed E-state index contributed by atoms with van der Waals surface area (Å²) in [5, 5.41) is 0.761. The second kappa shape index (κ2) is 6.04. The summed E-state index contributed by atoms with van der Waals surface area (Å²) in [4.78, 5) is 6.44. The van der Waals surface area contributed by atoms with E-state index in [4.69, 9.17) is 27.9 Å². The normalized spacial score (nSPS) is 29.3. The Morgan fingerprint density at radius 2 is 2.21 bits per heavy atom. The van der Waals surface area contributed by atoms with E-state index >= 15 is 0 Å². The van der Waals surface area contributed by atoms with Crippen molar-refractivity contribution in [3.63, 3.8) is 0 Å². The smallest absolute Gasteiger partial charge is 0.147 e. The summed E-state index contributed by atoms with van der Waals surface area (Å²) in [5.74, 6) is 1.48. The molecule has 19 heavy (non-hydrogen) atoms. The quantitative estimate of drug-likeness (QED) is 0.794. The van der Waals surface area contributed by atoms with Crippen LogP contribution < -0.4 is 4.74 Å². The van der Waals surface area contributed by atoms with Gasteiger partial charge in [0.05, 0.1) is 11.2 Å². The maximum Gasteiger partial charge on any atom is 0.147 e. The number of hydrogen-bond acceptors (Lipinski definition) is 3. The summed E-state index contributed by atoms with van der Waals surface area (Å²) in [6, 6.07) is 3.01. The molecule has 2 heterocycles. The van der Waals surface area contributed by atoms with Gasteiger partial charge in [-0.3, -0.25) is 4.90 Å². The van der Waals surface area contributed by atoms with Gasteiger partial charge in [-0.15, -0.1) is 12.4 Å². The lowest BCUT2D eigenvalue weighted by Gasteiger charge is -2.31. The van der Waals surface area contributed by atoms with Crippen molar-refractivity contribution in [1.82, 2.24) is 9.88 Å². The summed E-state index contributed by atoms with van der Waals surface area (Å²) >= 11 is 11.7. The Hall–Kier alpha value is -0.220. The van der Waals surface area contributed by atoms with Gasteiger partial charge in [0.15, 0.2) is 0 Å². The minimum absolute atomic E-state index is 0. The molecule has 1 aromatic heterocycles. The first kappa shape index (κ1) is 15.2. The molecule has 0 unspecified atom stereocenters. The number of likely N-dealkylation sites (N-methyl/N-ethyl adjacent to an activating group) is 1. The Kier molecular flexibility index (Phi) is 4.83. The lowest BCUT2D eigenvalue weighted by molar-refractivity contribution is 0.118. The molecule has 2 aliphatic rings. The zero-order valence-corrected chi connectivity index (χ0v) is 13.0. The largest absolute Gasteiger partial charge is 0.490 e. The van der Waals surface area contributed by atoms with Crippen molar-refractivity contribution >= 4 is 35.6 Å². The first-order valence-corrected chi connectivity index (χ1v) is 7.06. The van der Waals surface area contributed by atoms with E-state index in [0.717, 1.165) is 12.0 Å². The number of fused-ring (bicyclic) bond motifs is 2. The zero-order valence-electron chi connectivity index (χ0n) is 10.7. The number of rotatable bonds is 3. The Morgan fingerprint density at radius 3 is 2.84 bits per heavy atom. The van der Waals surface area contributed by atoms with Crippen molar-refractivity contribution in [1.29, 1.82) is 0 Å². The van der Waals surface area contributed by atoms with Crippen LogP contribution in [0.5, 0.6) is 5.75 Å². The number of pyridine rings is 1. The Labute approximate surface area is 129 Å². The van der Waals surface area contributed by atoms with Gasteiger partial charge in [0.1, 0.15) is 17.5 Å². The third-order valence-corrected chi connectivity index (χ3v) is 4.97. The van der Waals surface area contributed by atoms with Crippen LogP contribution in [0.4, 0.5) is 0 Å². The zero-order chi connectivity index (χ0) is 12.7. The molecule has 106 valence electrons. The highest BCUT2D eigenvalue weighted by atomic mass is 35.5. The number of hydrogen-bond donors (Lipinski definition) is 0. The van der Waals surface area contributed by atoms with Crippen molar-refractivity contribution in [3.05, 3.63) is 22.4 Å². The molecular weight excluding hydrogens is 307 g/mol. The molecule has 6 heteroatoms. The van der Waals surface area contributed by atoms with E-state index in [-0.39, 0.29) is 12.4 Å². The molecular formula is C13H17Cl3N2O. The fraction of sp³-hybridized carbons (Fsp3) is 0.615. The van der Waals surface area contributed by atoms with E-state index in [9.17, 15) is 0 Å². The topological polar surface area (TPSA) is 25.4 Å². The van der Waals surface area contributed by atoms with Gasteiger partial charge < -0.3 is 4.74 Å². The van der Waals surface area contributed by atoms with Gasteiger partial charge >= 0.3 is 0 Å². The molecule has 3 nitrogen and oxygen atoms in total. The van der Waals surface area contributed by atoms with Gasteiger partial charge in [0, 0.05) is 18.2 Å². The number of aromatic nitrogens is 1. The van der Waals surface area contributed by atoms with Crippen LogP contribution in [-0.2, 0) is 0 Å². The van der Waals surface area contributed by atoms with Crippen molar-refractivity contribution in [2.24, 2.45) is 5.92 Å². The molecule has 2 bridgehead atoms. The maximum absolute atomic E-state index is 5.92. The predicted molar refractivity (Wildman–Crippen MR) is 79.7 cm³/mol. The summed E-state index contributed by atoms with van der Waals surface area (Å²) in [6.07, 6.45) is 5.63. The summed E-state index contributed by atoms with van der Waals surface area (Å²) in [7, 11) is 2.20. The van der Waals surface area contributed by atoms with Crippen LogP contribution in [-0.4, -0.2) is 35.6 Å². The van der Waals surface area contributed by atoms with Crippen LogP contribution in [0.25, 0.3) is 0 Å². The van der Waals surface area contributed by atoms with Crippen molar-refractivity contribution < 1.29 is 4.74 Å². The number of likely N-dealkylation sites (tertiary alicyclic amines) is 1. The number of piperidine rings is 1. The standard InChI is InChI=1S/C13H16Cl2N2O.ClH/c1-17-9-3-2-8(4-9)12(17)7-18-10-5-11(14)13(15)16-6-10;/h5-6,8-9,12H,2-4,7H2,1H3;1H/t8-,9+,12-;/m1./s1. The Balaban J connectivity index is 0.00000133. The lowest BCUT2D eigenvalue weighted by Crippen LogP contribution is -2.41. The van der Waals surface area contributed by atoms with E-state index in [2.05, 4.69) is 16.9 Å². The maximum atomic E-state index is 5.92. The third kappa shape index (κ3) is 2.94. The lowest BCUT2D eigenvalue weighted by atomic mass is 10.00. The second-order valence-corrected chi connectivity index (χ2v) is 5.98. The first-order valence-electron chi connectivity index (χ1n) is 6.31. The minimum Gasteiger partial charge on any atom is -0.490 e. The molecule has 1 aliphatic heterocycles. The first-order chi connectivity index (χ1) is 8.65. The Bertz CT molecular complexity index is 456. The molecule has 1 saturated heterocycles. The van der Waals surface area contributed by atoms with Crippen molar-refractivity contribution in [2.75, 3.05) is 13.7 Å². The Morgan fingerprint density at radius 1 is 1.42 bits per heavy atom. The van der Waals surface area contributed by atoms with E-state index in [1.807, 2.05) is 0 Å². The molecule has 0 radical (unpaired) electrons. The number of halogens is 3. The molecule has 3 rings (SSSR count). The highest BCUT2D eigenvalue weighted by molar-refractivity contribution is 6.41. The van der Waals surface area contributed by atoms with Crippen LogP contribution in [0.15, 0.2) is 12.3 Å². The van der Waals surface area contributed by atoms with Gasteiger partial charge in [-0.1, -0.05) is 23.2 Å². The van der Waals surface area contributed by atoms with Gasteiger partial charge in [-0.05, 0) is 32.2 Å². The number of ether oxygens (including phenoxy) is 1. The van der Waals surface area contributed by atoms with Crippen LogP contribution in [0.2, 0.25) is 10.2 Å². The molecule has 1 aromatic rings. The molecule has 0 N–H and O–H groups in total. The number of nitrogens with zero attached hydrogens (tertiary/aromatic N) is 2. The average Bonchev–Trinajstić information content (AvgIpc) is 2.92. The minimum atomic E-state index is 0. The van der Waals surface area contributed by atoms with Crippen LogP contribution >= 0.6 is 35.6 Å². The van der Waals surface area contributed by atoms with Crippen molar-refractivity contribution in [3.8, 4) is 5.75 Å². The van der Waals surface area contributed by atoms with Gasteiger partial charge in [-0.2, -0.15) is 0 Å². The van der Waals surface area contributed by atoms with Gasteiger partial charge in [0.2, 0.25) is 0 Å². The fourth-order valence-electron chi connectivity index (χ4n) is 3.23. The van der Waals surface area contributed by atoms with E-state index < -0.39 is 0 Å². The van der Waals surface area contributed by atoms with Crippen molar-refractivity contribution in [2.45, 2.75) is 31.3 Å². The van der Waals surface area contributed by atoms with Crippen LogP contribution in [0.1, 0.15) is 19.3 Å². The molecule has 0 amide bonds. The van der Waals surface area contributed by atoms with E-state index in [1.165, 1.54) is 19.3 Å². The summed E-state index contributed by atoms with van der Waals surface area (Å²) in [5.41, 5.74) is 0. The average molecular weight is 324 g/mol. The SMILES string of the molecule is CN1[C@H]2CC[C@H](C2)[C@H]1COc1cnc(Cl)c(Cl)c1.Cl. The second-order valence-electron chi connectivity index (χ2n) is 5.21. The van der Waals surface area contributed by atoms with E-state index in [1.54, 1.807) is 12.3 Å². The molecule has 1 aliphatic carbocycles. The molecule has 0 spiro atoms. The molecule has 0 aromatic carbocycles. The predicted octanol–water partition coefficient (Wildman–Crippen LogP) is 3.67. The molecule has 3 atom stereocenters. The molecule has 1 saturated carbocycles. The highest BCUT2D eigenvalue weighted by Crippen LogP contribution is 2.41. The van der Waals surface area contributed by atoms with Gasteiger partial charge in [0.25, 0.3) is 0 Å². The summed E-state index contributed by atoms with van der Waals surface area (Å²) < 4.78 is 5.80. The highest BCUT2D eigenvalue weighted by Gasteiger charge is 2.43. The van der Waals surface area contributed by atoms with E-state index in [0.29, 0.717) is 28.6 Å². The fourth-order valence-corrected chi connectivity index (χ4v) is 3.49. The third-order valence-electron chi connectivity index (χ3n) is 4.28. The van der Waals surface area contributed by atoms with Crippen LogP contribution in [0.3, 0.4) is 0 Å². The van der Waals surface area contributed by atoms with Crippen LogP contribution in [0, 0.1) is 5.92 Å².